The number of amides is 4. The van der Waals surface area contributed by atoms with Crippen LogP contribution in [0.4, 0.5) is 34.1 Å². The van der Waals surface area contributed by atoms with E-state index >= 15 is 0 Å². The van der Waals surface area contributed by atoms with Gasteiger partial charge in [-0.1, -0.05) is 92.8 Å². The molecule has 0 aliphatic carbocycles. The van der Waals surface area contributed by atoms with Gasteiger partial charge in [0.25, 0.3) is 23.6 Å². The number of aryl methyl sites for hydroxylation is 2. The molecule has 0 saturated heterocycles. The first-order valence-corrected chi connectivity index (χ1v) is 21.2. The summed E-state index contributed by atoms with van der Waals surface area (Å²) in [6.07, 6.45) is 0. The van der Waals surface area contributed by atoms with E-state index in [0.717, 1.165) is 13.8 Å². The summed E-state index contributed by atoms with van der Waals surface area (Å²) in [5.41, 5.74) is 1.66. The molecular formula is C42H30Cl8N8O6. The highest BCUT2D eigenvalue weighted by molar-refractivity contribution is 6.47. The molecule has 0 spiro atoms. The van der Waals surface area contributed by atoms with Crippen molar-refractivity contribution in [2.24, 2.45) is 20.5 Å². The molecule has 4 N–H and O–H groups in total. The normalized spacial score (nSPS) is 12.2. The molecule has 0 fully saturated rings. The summed E-state index contributed by atoms with van der Waals surface area (Å²) in [5.74, 6) is -4.31. The quantitative estimate of drug-likeness (QED) is 0.0484. The van der Waals surface area contributed by atoms with Gasteiger partial charge in [0, 0.05) is 22.5 Å². The second-order valence-electron chi connectivity index (χ2n) is 13.6. The Hall–Kier alpha value is -5.16. The van der Waals surface area contributed by atoms with Gasteiger partial charge in [0.2, 0.25) is 12.1 Å². The average Bonchev–Trinajstić information content (AvgIpc) is 3.23. The molecule has 5 aromatic carbocycles. The van der Waals surface area contributed by atoms with Crippen molar-refractivity contribution in [3.63, 3.8) is 0 Å². The first-order chi connectivity index (χ1) is 30.2. The summed E-state index contributed by atoms with van der Waals surface area (Å²) in [6.45, 7) is 5.54. The fraction of sp³-hybridized carbons (Fsp3) is 0.143. The number of hydrogen-bond acceptors (Lipinski definition) is 10. The van der Waals surface area contributed by atoms with E-state index in [1.807, 2.05) is 0 Å². The van der Waals surface area contributed by atoms with E-state index in [-0.39, 0.29) is 79.7 Å². The van der Waals surface area contributed by atoms with Crippen LogP contribution in [0.5, 0.6) is 0 Å². The number of anilines is 4. The Bertz CT molecular complexity index is 2800. The molecule has 64 heavy (non-hydrogen) atoms. The molecule has 0 bridgehead atoms. The van der Waals surface area contributed by atoms with Gasteiger partial charge in [0.1, 0.15) is 11.4 Å². The van der Waals surface area contributed by atoms with Gasteiger partial charge in [-0.15, -0.1) is 0 Å². The average molecular weight is 1030 g/mol. The third-order valence-electron chi connectivity index (χ3n) is 8.86. The van der Waals surface area contributed by atoms with Gasteiger partial charge >= 0.3 is 0 Å². The molecule has 4 amide bonds. The molecule has 0 aliphatic heterocycles. The molecule has 0 aromatic heterocycles. The number of Topliss-reactive ketones (excluding diaryl/α,β-unsaturated/α-hetero) is 2. The van der Waals surface area contributed by atoms with Crippen molar-refractivity contribution in [1.29, 1.82) is 0 Å². The molecule has 22 heteroatoms. The van der Waals surface area contributed by atoms with Crippen LogP contribution in [0.15, 0.2) is 93.3 Å². The van der Waals surface area contributed by atoms with E-state index in [1.165, 1.54) is 72.8 Å². The number of hydrogen-bond donors (Lipinski definition) is 4. The largest absolute Gasteiger partial charge is 0.324 e. The van der Waals surface area contributed by atoms with Crippen molar-refractivity contribution in [3.8, 4) is 0 Å². The topological polar surface area (TPSA) is 200 Å². The molecule has 0 saturated carbocycles. The Morgan fingerprint density at radius 3 is 1.20 bits per heavy atom. The molecule has 330 valence electrons. The van der Waals surface area contributed by atoms with E-state index in [9.17, 15) is 28.8 Å². The van der Waals surface area contributed by atoms with E-state index in [4.69, 9.17) is 92.8 Å². The van der Waals surface area contributed by atoms with Crippen molar-refractivity contribution in [3.05, 3.63) is 135 Å². The number of benzene rings is 5. The molecule has 5 aromatic rings. The number of rotatable bonds is 14. The standard InChI is InChI=1S/C42H30Cl8N8O6/c1-17-13-23(51-41(63)35(19(3)59)57-55-30-15-21(5-7-24(30)43)39(61)53-37-28(47)11-9-26(45)32(37)49)14-18(2)34(17)52-42(64)36(20(4)60)58-56-31-16-22(6-8-25(31)44)40(62)54-38-29(48)12-10-27(46)33(38)50/h5-16,35-36H,1-4H3,(H,51,63)(H,52,64)(H,53,61)(H,54,62). The van der Waals surface area contributed by atoms with Crippen molar-refractivity contribution in [1.82, 2.24) is 0 Å². The Kier molecular flexibility index (Phi) is 16.9. The first-order valence-electron chi connectivity index (χ1n) is 18.2. The highest BCUT2D eigenvalue weighted by Crippen LogP contribution is 2.38. The van der Waals surface area contributed by atoms with Gasteiger partial charge in [-0.3, -0.25) is 28.8 Å². The highest BCUT2D eigenvalue weighted by Gasteiger charge is 2.27. The molecule has 0 heterocycles. The van der Waals surface area contributed by atoms with Crippen LogP contribution in [-0.4, -0.2) is 47.3 Å². The zero-order valence-electron chi connectivity index (χ0n) is 33.3. The number of nitrogens with zero attached hydrogens (tertiary/aromatic N) is 4. The van der Waals surface area contributed by atoms with Gasteiger partial charge in [-0.2, -0.15) is 20.5 Å². The monoisotopic (exact) mass is 1020 g/mol. The zero-order chi connectivity index (χ0) is 47.2. The van der Waals surface area contributed by atoms with Gasteiger partial charge in [-0.05, 0) is 112 Å². The van der Waals surface area contributed by atoms with E-state index in [0.29, 0.717) is 16.8 Å². The van der Waals surface area contributed by atoms with Gasteiger partial charge < -0.3 is 21.3 Å². The summed E-state index contributed by atoms with van der Waals surface area (Å²) in [5, 5.41) is 27.1. The number of halogens is 8. The second-order valence-corrected chi connectivity index (χ2v) is 16.8. The van der Waals surface area contributed by atoms with Crippen LogP contribution in [0.3, 0.4) is 0 Å². The summed E-state index contributed by atoms with van der Waals surface area (Å²) in [6, 6.07) is 13.7. The van der Waals surface area contributed by atoms with E-state index < -0.39 is 47.3 Å². The zero-order valence-corrected chi connectivity index (χ0v) is 39.4. The summed E-state index contributed by atoms with van der Waals surface area (Å²) in [7, 11) is 0. The Labute approximate surface area is 405 Å². The maximum absolute atomic E-state index is 13.5. The van der Waals surface area contributed by atoms with Crippen molar-refractivity contribution >= 4 is 162 Å². The first kappa shape index (κ1) is 49.8. The molecule has 0 radical (unpaired) electrons. The molecule has 2 unspecified atom stereocenters. The van der Waals surface area contributed by atoms with Crippen LogP contribution < -0.4 is 21.3 Å². The summed E-state index contributed by atoms with van der Waals surface area (Å²) >= 11 is 49.6. The Morgan fingerprint density at radius 1 is 0.453 bits per heavy atom. The fourth-order valence-corrected chi connectivity index (χ4v) is 7.18. The number of azo groups is 2. The lowest BCUT2D eigenvalue weighted by molar-refractivity contribution is -0.127. The lowest BCUT2D eigenvalue weighted by Crippen LogP contribution is -2.33. The van der Waals surface area contributed by atoms with Crippen molar-refractivity contribution in [2.75, 3.05) is 21.3 Å². The maximum atomic E-state index is 13.5. The van der Waals surface area contributed by atoms with Crippen LogP contribution >= 0.6 is 92.8 Å². The Morgan fingerprint density at radius 2 is 0.812 bits per heavy atom. The van der Waals surface area contributed by atoms with E-state index in [2.05, 4.69) is 41.7 Å². The smallest absolute Gasteiger partial charge is 0.258 e. The Balaban J connectivity index is 1.28. The van der Waals surface area contributed by atoms with Crippen LogP contribution in [0.25, 0.3) is 0 Å². The minimum atomic E-state index is -1.64. The second kappa shape index (κ2) is 21.7. The molecule has 5 rings (SSSR count). The SMILES string of the molecule is CC(=O)C(N=Nc1cc(C(=O)Nc2c(Cl)ccc(Cl)c2Cl)ccc1Cl)C(=O)Nc1cc(C)c(NC(=O)C(N=Nc2cc(C(=O)Nc3c(Cl)ccc(Cl)c3Cl)ccc2Cl)C(C)=O)c(C)c1. The van der Waals surface area contributed by atoms with E-state index in [1.54, 1.807) is 13.8 Å². The molecule has 14 nitrogen and oxygen atoms in total. The van der Waals surface area contributed by atoms with Crippen LogP contribution in [0, 0.1) is 13.8 Å². The number of nitrogens with one attached hydrogen (secondary N) is 4. The summed E-state index contributed by atoms with van der Waals surface area (Å²) in [4.78, 5) is 78.2. The van der Waals surface area contributed by atoms with Crippen LogP contribution in [0.1, 0.15) is 45.7 Å². The fourth-order valence-electron chi connectivity index (χ4n) is 5.63. The predicted molar refractivity (Wildman–Crippen MR) is 253 cm³/mol. The summed E-state index contributed by atoms with van der Waals surface area (Å²) < 4.78 is 0. The van der Waals surface area contributed by atoms with Gasteiger partial charge in [0.05, 0.1) is 51.6 Å². The van der Waals surface area contributed by atoms with Gasteiger partial charge in [0.15, 0.2) is 11.6 Å². The number of carbonyl (C=O) groups excluding carboxylic acids is 6. The third kappa shape index (κ3) is 12.1. The van der Waals surface area contributed by atoms with Crippen LogP contribution in [-0.2, 0) is 19.2 Å². The minimum Gasteiger partial charge on any atom is -0.324 e. The van der Waals surface area contributed by atoms with Crippen molar-refractivity contribution < 1.29 is 28.8 Å². The van der Waals surface area contributed by atoms with Crippen molar-refractivity contribution in [2.45, 2.75) is 39.8 Å². The highest BCUT2D eigenvalue weighted by atomic mass is 35.5. The van der Waals surface area contributed by atoms with Gasteiger partial charge in [-0.25, -0.2) is 0 Å². The third-order valence-corrected chi connectivity index (χ3v) is 11.7. The number of carbonyl (C=O) groups is 6. The molecule has 2 atom stereocenters. The lowest BCUT2D eigenvalue weighted by atomic mass is 10.1. The molecular weight excluding hydrogens is 996 g/mol. The minimum absolute atomic E-state index is 0.0294. The number of ketones is 2. The molecule has 0 aliphatic rings. The maximum Gasteiger partial charge on any atom is 0.258 e. The predicted octanol–water partition coefficient (Wildman–Crippen LogP) is 13.4. The van der Waals surface area contributed by atoms with Crippen LogP contribution in [0.2, 0.25) is 40.2 Å². The lowest BCUT2D eigenvalue weighted by Gasteiger charge is -2.17.